The summed E-state index contributed by atoms with van der Waals surface area (Å²) >= 11 is 0. The molecule has 1 aromatic carbocycles. The first-order chi connectivity index (χ1) is 13.6. The van der Waals surface area contributed by atoms with E-state index in [1.54, 1.807) is 36.4 Å². The lowest BCUT2D eigenvalue weighted by Crippen LogP contribution is -2.25. The summed E-state index contributed by atoms with van der Waals surface area (Å²) < 4.78 is 29.4. The molecule has 28 heavy (non-hydrogen) atoms. The number of fused-ring (bicyclic) bond motifs is 1. The van der Waals surface area contributed by atoms with Crippen molar-refractivity contribution in [3.05, 3.63) is 66.6 Å². The first kappa shape index (κ1) is 18.2. The van der Waals surface area contributed by atoms with Crippen LogP contribution in [-0.2, 0) is 13.5 Å². The van der Waals surface area contributed by atoms with E-state index in [4.69, 9.17) is 0 Å². The molecule has 0 bridgehead atoms. The van der Waals surface area contributed by atoms with Crippen molar-refractivity contribution in [3.8, 4) is 11.1 Å². The first-order valence-electron chi connectivity index (χ1n) is 9.13. The Bertz CT molecular complexity index is 1010. The maximum Gasteiger partial charge on any atom is 0.264 e. The quantitative estimate of drug-likeness (QED) is 0.671. The molecular formula is C21H21F2N5. The number of aromatic nitrogens is 3. The molecule has 5 nitrogen and oxygen atoms in total. The highest BCUT2D eigenvalue weighted by atomic mass is 19.3. The van der Waals surface area contributed by atoms with Crippen molar-refractivity contribution in [3.63, 3.8) is 0 Å². The minimum absolute atomic E-state index is 0.0130. The van der Waals surface area contributed by atoms with Gasteiger partial charge in [-0.05, 0) is 54.4 Å². The van der Waals surface area contributed by atoms with Gasteiger partial charge in [0, 0.05) is 36.6 Å². The summed E-state index contributed by atoms with van der Waals surface area (Å²) in [7, 11) is 1.78. The smallest absolute Gasteiger partial charge is 0.264 e. The van der Waals surface area contributed by atoms with Crippen LogP contribution >= 0.6 is 0 Å². The van der Waals surface area contributed by atoms with Gasteiger partial charge in [0.15, 0.2) is 0 Å². The maximum absolute atomic E-state index is 13.9. The number of nitrogens with zero attached hydrogens (tertiary/aromatic N) is 4. The second kappa shape index (κ2) is 7.42. The number of aryl methyl sites for hydroxylation is 2. The van der Waals surface area contributed by atoms with Crippen molar-refractivity contribution in [2.75, 3.05) is 16.8 Å². The molecule has 144 valence electrons. The largest absolute Gasteiger partial charge is 0.347 e. The fourth-order valence-electron chi connectivity index (χ4n) is 3.64. The number of hydrogen-bond acceptors (Lipinski definition) is 4. The van der Waals surface area contributed by atoms with Gasteiger partial charge in [0.25, 0.3) is 6.43 Å². The molecule has 3 aromatic rings. The molecule has 0 spiro atoms. The number of alkyl halides is 2. The van der Waals surface area contributed by atoms with E-state index in [0.29, 0.717) is 16.9 Å². The summed E-state index contributed by atoms with van der Waals surface area (Å²) in [6, 6.07) is 9.11. The van der Waals surface area contributed by atoms with Crippen LogP contribution in [0.2, 0.25) is 0 Å². The summed E-state index contributed by atoms with van der Waals surface area (Å²) in [5.41, 5.74) is 3.08. The van der Waals surface area contributed by atoms with E-state index in [9.17, 15) is 8.78 Å². The number of hydrogen-bond donors (Lipinski definition) is 1. The van der Waals surface area contributed by atoms with E-state index in [2.05, 4.69) is 22.0 Å². The van der Waals surface area contributed by atoms with Crippen LogP contribution in [0.4, 0.5) is 26.1 Å². The molecule has 0 atom stereocenters. The van der Waals surface area contributed by atoms with E-state index >= 15 is 0 Å². The Kier molecular flexibility index (Phi) is 4.81. The highest BCUT2D eigenvalue weighted by Crippen LogP contribution is 2.40. The van der Waals surface area contributed by atoms with Crippen LogP contribution in [0.3, 0.4) is 0 Å². The zero-order valence-electron chi connectivity index (χ0n) is 15.6. The van der Waals surface area contributed by atoms with Gasteiger partial charge in [-0.25, -0.2) is 13.8 Å². The van der Waals surface area contributed by atoms with Crippen molar-refractivity contribution >= 4 is 17.3 Å². The minimum Gasteiger partial charge on any atom is -0.347 e. The predicted molar refractivity (Wildman–Crippen MR) is 107 cm³/mol. The molecule has 1 N–H and O–H groups in total. The van der Waals surface area contributed by atoms with Gasteiger partial charge < -0.3 is 10.2 Å². The average molecular weight is 381 g/mol. The summed E-state index contributed by atoms with van der Waals surface area (Å²) in [4.78, 5) is 6.59. The van der Waals surface area contributed by atoms with Crippen molar-refractivity contribution in [1.82, 2.24) is 14.8 Å². The average Bonchev–Trinajstić information content (AvgIpc) is 3.13. The maximum atomic E-state index is 13.9. The Balaban J connectivity index is 1.82. The van der Waals surface area contributed by atoms with Gasteiger partial charge in [0.1, 0.15) is 11.6 Å². The lowest BCUT2D eigenvalue weighted by Gasteiger charge is -2.32. The third kappa shape index (κ3) is 3.35. The van der Waals surface area contributed by atoms with Crippen molar-refractivity contribution in [1.29, 1.82) is 0 Å². The monoisotopic (exact) mass is 381 g/mol. The fourth-order valence-corrected chi connectivity index (χ4v) is 3.64. The van der Waals surface area contributed by atoms with Crippen LogP contribution in [0, 0.1) is 0 Å². The molecule has 0 amide bonds. The summed E-state index contributed by atoms with van der Waals surface area (Å²) in [6.07, 6.45) is 4.14. The zero-order chi connectivity index (χ0) is 19.7. The van der Waals surface area contributed by atoms with Crippen LogP contribution in [0.5, 0.6) is 0 Å². The third-order valence-corrected chi connectivity index (χ3v) is 4.88. The fraction of sp³-hybridized carbons (Fsp3) is 0.238. The molecule has 0 saturated carbocycles. The molecular weight excluding hydrogens is 360 g/mol. The summed E-state index contributed by atoms with van der Waals surface area (Å²) in [6.45, 7) is 4.38. The van der Waals surface area contributed by atoms with Gasteiger partial charge in [-0.1, -0.05) is 12.6 Å². The molecule has 1 aliphatic heterocycles. The van der Waals surface area contributed by atoms with Crippen LogP contribution in [0.1, 0.15) is 24.0 Å². The highest BCUT2D eigenvalue weighted by Gasteiger charge is 2.25. The highest BCUT2D eigenvalue weighted by molar-refractivity contribution is 5.76. The molecule has 2 aromatic heterocycles. The standard InChI is InChI=1S/C21H21F2N5/c1-3-24-19-7-4-8-20(26-19)28-9-5-6-14-10-16(15-12-25-27(2)13-15)17(21(22)23)11-18(14)28/h3-4,7-8,10-13,21H,1,5-6,9H2,2H3,(H,24,26). The molecule has 0 saturated heterocycles. The number of benzene rings is 1. The van der Waals surface area contributed by atoms with Gasteiger partial charge in [0.05, 0.1) is 6.20 Å². The van der Waals surface area contributed by atoms with E-state index in [1.807, 2.05) is 29.2 Å². The molecule has 4 rings (SSSR count). The minimum atomic E-state index is -2.58. The van der Waals surface area contributed by atoms with Gasteiger partial charge in [0.2, 0.25) is 0 Å². The number of pyridine rings is 1. The summed E-state index contributed by atoms with van der Waals surface area (Å²) in [5.74, 6) is 1.39. The predicted octanol–water partition coefficient (Wildman–Crippen LogP) is 5.06. The lowest BCUT2D eigenvalue weighted by molar-refractivity contribution is 0.152. The molecule has 3 heterocycles. The Morgan fingerprint density at radius 3 is 2.86 bits per heavy atom. The Morgan fingerprint density at radius 1 is 1.29 bits per heavy atom. The zero-order valence-corrected chi connectivity index (χ0v) is 15.6. The van der Waals surface area contributed by atoms with E-state index in [1.165, 1.54) is 0 Å². The Morgan fingerprint density at radius 2 is 2.14 bits per heavy atom. The molecule has 7 heteroatoms. The van der Waals surface area contributed by atoms with Crippen LogP contribution < -0.4 is 10.2 Å². The number of nitrogens with one attached hydrogen (secondary N) is 1. The molecule has 0 radical (unpaired) electrons. The summed E-state index contributed by atoms with van der Waals surface area (Å²) in [5, 5.41) is 7.10. The van der Waals surface area contributed by atoms with Crippen molar-refractivity contribution in [2.24, 2.45) is 7.05 Å². The van der Waals surface area contributed by atoms with E-state index in [-0.39, 0.29) is 5.56 Å². The SMILES string of the molecule is C=CNc1cccc(N2CCCc3cc(-c4cnn(C)c4)c(C(F)F)cc32)n1. The number of halogens is 2. The normalized spacial score (nSPS) is 13.5. The van der Waals surface area contributed by atoms with E-state index in [0.717, 1.165) is 36.5 Å². The third-order valence-electron chi connectivity index (χ3n) is 4.88. The van der Waals surface area contributed by atoms with Crippen LogP contribution in [0.25, 0.3) is 11.1 Å². The second-order valence-corrected chi connectivity index (χ2v) is 6.76. The van der Waals surface area contributed by atoms with E-state index < -0.39 is 6.43 Å². The Labute approximate surface area is 162 Å². The lowest BCUT2D eigenvalue weighted by atomic mass is 9.93. The Hall–Kier alpha value is -3.22. The molecule has 0 fully saturated rings. The van der Waals surface area contributed by atoms with Gasteiger partial charge in [-0.2, -0.15) is 5.10 Å². The van der Waals surface area contributed by atoms with Gasteiger partial charge in [-0.15, -0.1) is 0 Å². The topological polar surface area (TPSA) is 46.0 Å². The number of rotatable bonds is 5. The molecule has 1 aliphatic rings. The van der Waals surface area contributed by atoms with Crippen molar-refractivity contribution in [2.45, 2.75) is 19.3 Å². The molecule has 0 aliphatic carbocycles. The number of anilines is 3. The van der Waals surface area contributed by atoms with Crippen LogP contribution in [-0.4, -0.2) is 21.3 Å². The van der Waals surface area contributed by atoms with Crippen LogP contribution in [0.15, 0.2) is 55.5 Å². The van der Waals surface area contributed by atoms with Crippen molar-refractivity contribution < 1.29 is 8.78 Å². The van der Waals surface area contributed by atoms with Gasteiger partial charge in [-0.3, -0.25) is 4.68 Å². The second-order valence-electron chi connectivity index (χ2n) is 6.76. The van der Waals surface area contributed by atoms with Gasteiger partial charge >= 0.3 is 0 Å². The first-order valence-corrected chi connectivity index (χ1v) is 9.13. The molecule has 0 unspecified atom stereocenters.